The molecular weight excluding hydrogens is 224 g/mol. The topological polar surface area (TPSA) is 62.2 Å². The fourth-order valence-electron chi connectivity index (χ4n) is 1.46. The number of aromatic nitrogens is 1. The number of anilines is 1. The second kappa shape index (κ2) is 4.40. The van der Waals surface area contributed by atoms with Gasteiger partial charge in [-0.15, -0.1) is 0 Å². The molecule has 0 spiro atoms. The number of rotatable bonds is 2. The summed E-state index contributed by atoms with van der Waals surface area (Å²) >= 11 is 3.88. The number of carbonyl (C=O) groups is 1. The van der Waals surface area contributed by atoms with Crippen molar-refractivity contribution in [1.82, 2.24) is 4.98 Å². The van der Waals surface area contributed by atoms with Crippen LogP contribution in [0.4, 0.5) is 5.69 Å². The van der Waals surface area contributed by atoms with Gasteiger partial charge in [-0.1, -0.05) is 0 Å². The van der Waals surface area contributed by atoms with Crippen molar-refractivity contribution in [3.8, 4) is 5.75 Å². The molecule has 2 aromatic rings. The Morgan fingerprint density at radius 2 is 2.25 bits per heavy atom. The highest BCUT2D eigenvalue weighted by Gasteiger charge is 2.07. The lowest BCUT2D eigenvalue weighted by molar-refractivity contribution is -0.113. The molecule has 0 aliphatic rings. The number of aromatic hydroxyl groups is 1. The Morgan fingerprint density at radius 1 is 1.44 bits per heavy atom. The van der Waals surface area contributed by atoms with E-state index >= 15 is 0 Å². The fraction of sp³-hybridized carbons (Fsp3) is 0.0909. The molecule has 1 aromatic carbocycles. The molecule has 0 atom stereocenters. The van der Waals surface area contributed by atoms with Crippen LogP contribution < -0.4 is 5.32 Å². The number of benzene rings is 1. The maximum absolute atomic E-state index is 11.2. The van der Waals surface area contributed by atoms with E-state index in [2.05, 4.69) is 22.9 Å². The van der Waals surface area contributed by atoms with Gasteiger partial charge in [0.05, 0.1) is 11.4 Å². The maximum atomic E-state index is 11.2. The van der Waals surface area contributed by atoms with Crippen LogP contribution in [-0.2, 0) is 4.79 Å². The summed E-state index contributed by atoms with van der Waals surface area (Å²) in [6.07, 6.45) is 1.59. The summed E-state index contributed by atoms with van der Waals surface area (Å²) in [7, 11) is 0. The first kappa shape index (κ1) is 10.8. The third kappa shape index (κ3) is 1.94. The van der Waals surface area contributed by atoms with Crippen molar-refractivity contribution >= 4 is 35.1 Å². The normalized spacial score (nSPS) is 10.3. The average Bonchev–Trinajstić information content (AvgIpc) is 2.33. The van der Waals surface area contributed by atoms with Gasteiger partial charge in [-0.2, -0.15) is 12.6 Å². The molecular formula is C11H10N2O2S. The van der Waals surface area contributed by atoms with Crippen LogP contribution >= 0.6 is 12.6 Å². The number of phenols is 1. The number of pyridine rings is 1. The van der Waals surface area contributed by atoms with Gasteiger partial charge in [-0.3, -0.25) is 9.78 Å². The number of phenolic OH excluding ortho intramolecular Hbond substituents is 1. The van der Waals surface area contributed by atoms with E-state index in [4.69, 9.17) is 0 Å². The van der Waals surface area contributed by atoms with Crippen LogP contribution in [0, 0.1) is 0 Å². The van der Waals surface area contributed by atoms with Gasteiger partial charge in [-0.25, -0.2) is 0 Å². The standard InChI is InChI=1S/C11H10N2O2S/c14-9-4-3-8(13-10(15)6-16)7-2-1-5-12-11(7)9/h1-5,14,16H,6H2,(H,13,15). The Morgan fingerprint density at radius 3 is 3.00 bits per heavy atom. The number of hydrogen-bond acceptors (Lipinski definition) is 4. The maximum Gasteiger partial charge on any atom is 0.234 e. The molecule has 0 fully saturated rings. The zero-order valence-electron chi connectivity index (χ0n) is 8.34. The molecule has 0 aliphatic heterocycles. The van der Waals surface area contributed by atoms with E-state index < -0.39 is 0 Å². The summed E-state index contributed by atoms with van der Waals surface area (Å²) in [5.74, 6) is 0.0152. The quantitative estimate of drug-likeness (QED) is 0.548. The molecule has 2 N–H and O–H groups in total. The predicted octanol–water partition coefficient (Wildman–Crippen LogP) is 1.81. The molecule has 82 valence electrons. The number of fused-ring (bicyclic) bond motifs is 1. The van der Waals surface area contributed by atoms with E-state index in [1.54, 1.807) is 24.4 Å². The lowest BCUT2D eigenvalue weighted by Crippen LogP contribution is -2.12. The van der Waals surface area contributed by atoms with Gasteiger partial charge in [0.1, 0.15) is 11.3 Å². The van der Waals surface area contributed by atoms with Crippen molar-refractivity contribution in [2.75, 3.05) is 11.1 Å². The van der Waals surface area contributed by atoms with E-state index in [1.165, 1.54) is 6.07 Å². The van der Waals surface area contributed by atoms with Gasteiger partial charge in [0.2, 0.25) is 5.91 Å². The van der Waals surface area contributed by atoms with Crippen LogP contribution in [0.15, 0.2) is 30.5 Å². The van der Waals surface area contributed by atoms with Crippen LogP contribution in [0.3, 0.4) is 0 Å². The first-order valence-corrected chi connectivity index (χ1v) is 5.33. The Bertz CT molecular complexity index is 542. The van der Waals surface area contributed by atoms with Crippen LogP contribution in [0.25, 0.3) is 10.9 Å². The minimum atomic E-state index is -0.195. The largest absolute Gasteiger partial charge is 0.506 e. The summed E-state index contributed by atoms with van der Waals surface area (Å²) < 4.78 is 0. The minimum absolute atomic E-state index is 0.0967. The van der Waals surface area contributed by atoms with Crippen LogP contribution in [-0.4, -0.2) is 21.8 Å². The Balaban J connectivity index is 2.54. The summed E-state index contributed by atoms with van der Waals surface area (Å²) in [5, 5.41) is 13.0. The fourth-order valence-corrected chi connectivity index (χ4v) is 1.54. The molecule has 0 radical (unpaired) electrons. The average molecular weight is 234 g/mol. The summed E-state index contributed by atoms with van der Waals surface area (Å²) in [5.41, 5.74) is 1.10. The molecule has 1 aromatic heterocycles. The summed E-state index contributed by atoms with van der Waals surface area (Å²) in [4.78, 5) is 15.3. The number of nitrogens with zero attached hydrogens (tertiary/aromatic N) is 1. The zero-order chi connectivity index (χ0) is 11.5. The molecule has 16 heavy (non-hydrogen) atoms. The van der Waals surface area contributed by atoms with Gasteiger partial charge in [0, 0.05) is 11.6 Å². The van der Waals surface area contributed by atoms with Gasteiger partial charge in [-0.05, 0) is 24.3 Å². The van der Waals surface area contributed by atoms with Crippen molar-refractivity contribution in [2.24, 2.45) is 0 Å². The Labute approximate surface area is 97.7 Å². The zero-order valence-corrected chi connectivity index (χ0v) is 9.24. The molecule has 2 rings (SSSR count). The van der Waals surface area contributed by atoms with Crippen molar-refractivity contribution in [3.05, 3.63) is 30.5 Å². The highest BCUT2D eigenvalue weighted by Crippen LogP contribution is 2.28. The highest BCUT2D eigenvalue weighted by atomic mass is 32.1. The third-order valence-corrected chi connectivity index (χ3v) is 2.45. The Hall–Kier alpha value is -1.75. The SMILES string of the molecule is O=C(CS)Nc1ccc(O)c2ncccc12. The van der Waals surface area contributed by atoms with E-state index in [0.717, 1.165) is 0 Å². The molecule has 0 saturated heterocycles. The smallest absolute Gasteiger partial charge is 0.234 e. The van der Waals surface area contributed by atoms with Gasteiger partial charge in [0.25, 0.3) is 0 Å². The lowest BCUT2D eigenvalue weighted by atomic mass is 10.1. The molecule has 0 saturated carbocycles. The molecule has 4 nitrogen and oxygen atoms in total. The number of hydrogen-bond donors (Lipinski definition) is 3. The molecule has 0 bridgehead atoms. The first-order chi connectivity index (χ1) is 7.72. The number of carbonyl (C=O) groups excluding carboxylic acids is 1. The van der Waals surface area contributed by atoms with Gasteiger partial charge < -0.3 is 10.4 Å². The number of nitrogens with one attached hydrogen (secondary N) is 1. The Kier molecular flexibility index (Phi) is 2.96. The van der Waals surface area contributed by atoms with Crippen LogP contribution in [0.2, 0.25) is 0 Å². The highest BCUT2D eigenvalue weighted by molar-refractivity contribution is 7.81. The molecule has 1 amide bonds. The monoisotopic (exact) mass is 234 g/mol. The third-order valence-electron chi connectivity index (χ3n) is 2.17. The molecule has 0 aliphatic carbocycles. The van der Waals surface area contributed by atoms with Gasteiger partial charge in [0.15, 0.2) is 0 Å². The predicted molar refractivity (Wildman–Crippen MR) is 65.9 cm³/mol. The molecule has 5 heteroatoms. The van der Waals surface area contributed by atoms with E-state index in [9.17, 15) is 9.90 Å². The van der Waals surface area contributed by atoms with Crippen LogP contribution in [0.1, 0.15) is 0 Å². The molecule has 1 heterocycles. The van der Waals surface area contributed by atoms with Crippen molar-refractivity contribution < 1.29 is 9.90 Å². The van der Waals surface area contributed by atoms with E-state index in [-0.39, 0.29) is 17.4 Å². The lowest BCUT2D eigenvalue weighted by Gasteiger charge is -2.07. The summed E-state index contributed by atoms with van der Waals surface area (Å²) in [6, 6.07) is 6.68. The minimum Gasteiger partial charge on any atom is -0.506 e. The van der Waals surface area contributed by atoms with E-state index in [1.807, 2.05) is 0 Å². The second-order valence-corrected chi connectivity index (χ2v) is 3.55. The molecule has 0 unspecified atom stereocenters. The first-order valence-electron chi connectivity index (χ1n) is 4.70. The number of amides is 1. The second-order valence-electron chi connectivity index (χ2n) is 3.24. The van der Waals surface area contributed by atoms with Crippen molar-refractivity contribution in [1.29, 1.82) is 0 Å². The van der Waals surface area contributed by atoms with E-state index in [0.29, 0.717) is 16.6 Å². The van der Waals surface area contributed by atoms with Crippen molar-refractivity contribution in [2.45, 2.75) is 0 Å². The summed E-state index contributed by atoms with van der Waals surface area (Å²) in [6.45, 7) is 0. The van der Waals surface area contributed by atoms with Gasteiger partial charge >= 0.3 is 0 Å². The van der Waals surface area contributed by atoms with Crippen molar-refractivity contribution in [3.63, 3.8) is 0 Å². The van der Waals surface area contributed by atoms with Crippen LogP contribution in [0.5, 0.6) is 5.75 Å². The number of thiol groups is 1.